The van der Waals surface area contributed by atoms with Crippen LogP contribution in [0.3, 0.4) is 0 Å². The van der Waals surface area contributed by atoms with Crippen molar-refractivity contribution >= 4 is 22.4 Å². The van der Waals surface area contributed by atoms with Crippen molar-refractivity contribution in [2.45, 2.75) is 20.8 Å². The van der Waals surface area contributed by atoms with Crippen LogP contribution in [0, 0.1) is 24.0 Å². The maximum Gasteiger partial charge on any atom is 0.347 e. The Kier molecular flexibility index (Phi) is 3.27. The second-order valence-corrected chi connectivity index (χ2v) is 4.33. The number of nitro groups is 1. The van der Waals surface area contributed by atoms with Crippen molar-refractivity contribution in [1.29, 1.82) is 0 Å². The van der Waals surface area contributed by atoms with E-state index in [1.54, 1.807) is 13.0 Å². The lowest BCUT2D eigenvalue weighted by atomic mass is 10.1. The maximum atomic E-state index is 11.9. The molecule has 0 radical (unpaired) electrons. The topological polar surface area (TPSA) is 99.7 Å². The van der Waals surface area contributed by atoms with Gasteiger partial charge in [-0.05, 0) is 31.4 Å². The molecule has 0 fully saturated rings. The summed E-state index contributed by atoms with van der Waals surface area (Å²) in [7, 11) is 0. The zero-order valence-electron chi connectivity index (χ0n) is 11.1. The molecule has 104 valence electrons. The molecule has 0 amide bonds. The number of nitrogens with zero attached hydrogens (tertiary/aromatic N) is 1. The SMILES string of the molecule is CC(=O)Oc1c([N+](=O)[O-])c(C)cc2cc(C)oc(=O)c12. The molecule has 0 atom stereocenters. The second-order valence-electron chi connectivity index (χ2n) is 4.33. The number of aryl methyl sites for hydroxylation is 2. The zero-order chi connectivity index (χ0) is 15.0. The van der Waals surface area contributed by atoms with Gasteiger partial charge in [0.1, 0.15) is 11.1 Å². The maximum absolute atomic E-state index is 11.9. The summed E-state index contributed by atoms with van der Waals surface area (Å²) in [5.41, 5.74) is -0.896. The Hall–Kier alpha value is -2.70. The Morgan fingerprint density at radius 1 is 1.35 bits per heavy atom. The normalized spacial score (nSPS) is 10.6. The summed E-state index contributed by atoms with van der Waals surface area (Å²) in [6, 6.07) is 3.05. The number of nitro benzene ring substituents is 1. The Labute approximate surface area is 112 Å². The van der Waals surface area contributed by atoms with Crippen LogP contribution in [0.15, 0.2) is 21.3 Å². The molecule has 1 heterocycles. The highest BCUT2D eigenvalue weighted by Crippen LogP contribution is 2.37. The van der Waals surface area contributed by atoms with Crippen LogP contribution in [0.2, 0.25) is 0 Å². The molecule has 0 unspecified atom stereocenters. The Bertz CT molecular complexity index is 790. The lowest BCUT2D eigenvalue weighted by Crippen LogP contribution is -2.10. The predicted molar refractivity (Wildman–Crippen MR) is 69.9 cm³/mol. The Morgan fingerprint density at radius 2 is 2.00 bits per heavy atom. The van der Waals surface area contributed by atoms with E-state index in [9.17, 15) is 19.7 Å². The van der Waals surface area contributed by atoms with E-state index in [1.807, 2.05) is 0 Å². The molecule has 7 nitrogen and oxygen atoms in total. The van der Waals surface area contributed by atoms with Crippen molar-refractivity contribution in [3.8, 4) is 5.75 Å². The van der Waals surface area contributed by atoms with Crippen LogP contribution in [-0.4, -0.2) is 10.9 Å². The van der Waals surface area contributed by atoms with Crippen molar-refractivity contribution in [3.63, 3.8) is 0 Å². The first kappa shape index (κ1) is 13.7. The van der Waals surface area contributed by atoms with E-state index in [4.69, 9.17) is 9.15 Å². The van der Waals surface area contributed by atoms with Gasteiger partial charge in [0.15, 0.2) is 0 Å². The molecule has 1 aromatic carbocycles. The highest BCUT2D eigenvalue weighted by atomic mass is 16.6. The molecule has 0 aliphatic carbocycles. The first-order chi connectivity index (χ1) is 9.31. The highest BCUT2D eigenvalue weighted by Gasteiger charge is 2.26. The molecule has 0 saturated carbocycles. The highest BCUT2D eigenvalue weighted by molar-refractivity contribution is 5.94. The van der Waals surface area contributed by atoms with Crippen molar-refractivity contribution in [2.24, 2.45) is 0 Å². The standard InChI is InChI=1S/C13H11NO6/c1-6-4-9-5-7(2)19-13(16)10(9)12(20-8(3)15)11(6)14(17)18/h4-5H,1-3H3. The van der Waals surface area contributed by atoms with Crippen LogP contribution in [-0.2, 0) is 4.79 Å². The van der Waals surface area contributed by atoms with Gasteiger partial charge >= 0.3 is 17.3 Å². The third-order valence-corrected chi connectivity index (χ3v) is 2.72. The van der Waals surface area contributed by atoms with Crippen molar-refractivity contribution in [3.05, 3.63) is 44.0 Å². The van der Waals surface area contributed by atoms with E-state index in [2.05, 4.69) is 0 Å². The van der Waals surface area contributed by atoms with Crippen LogP contribution >= 0.6 is 0 Å². The Morgan fingerprint density at radius 3 is 2.55 bits per heavy atom. The first-order valence-electron chi connectivity index (χ1n) is 5.72. The summed E-state index contributed by atoms with van der Waals surface area (Å²) in [4.78, 5) is 33.5. The number of hydrogen-bond acceptors (Lipinski definition) is 6. The van der Waals surface area contributed by atoms with Crippen molar-refractivity contribution in [1.82, 2.24) is 0 Å². The molecule has 2 aromatic rings. The molecule has 0 N–H and O–H groups in total. The van der Waals surface area contributed by atoms with Gasteiger partial charge in [-0.3, -0.25) is 14.9 Å². The Balaban J connectivity index is 2.99. The lowest BCUT2D eigenvalue weighted by Gasteiger charge is -2.08. The third-order valence-electron chi connectivity index (χ3n) is 2.72. The summed E-state index contributed by atoms with van der Waals surface area (Å²) in [5.74, 6) is -0.754. The number of fused-ring (bicyclic) bond motifs is 1. The van der Waals surface area contributed by atoms with Gasteiger partial charge in [0.25, 0.3) is 0 Å². The smallest absolute Gasteiger partial charge is 0.347 e. The average Bonchev–Trinajstić information content (AvgIpc) is 2.25. The van der Waals surface area contributed by atoms with Crippen LogP contribution in [0.1, 0.15) is 18.2 Å². The molecule has 0 aliphatic heterocycles. The van der Waals surface area contributed by atoms with E-state index >= 15 is 0 Å². The molecule has 2 rings (SSSR count). The van der Waals surface area contributed by atoms with E-state index in [0.29, 0.717) is 16.7 Å². The lowest BCUT2D eigenvalue weighted by molar-refractivity contribution is -0.386. The fraction of sp³-hybridized carbons (Fsp3) is 0.231. The number of hydrogen-bond donors (Lipinski definition) is 0. The average molecular weight is 277 g/mol. The molecule has 1 aromatic heterocycles. The van der Waals surface area contributed by atoms with E-state index in [0.717, 1.165) is 6.92 Å². The monoisotopic (exact) mass is 277 g/mol. The van der Waals surface area contributed by atoms with Gasteiger partial charge in [0, 0.05) is 12.5 Å². The van der Waals surface area contributed by atoms with Crippen LogP contribution in [0.5, 0.6) is 5.75 Å². The molecule has 0 bridgehead atoms. The van der Waals surface area contributed by atoms with E-state index < -0.39 is 22.2 Å². The van der Waals surface area contributed by atoms with Gasteiger partial charge in [-0.15, -0.1) is 0 Å². The predicted octanol–water partition coefficient (Wildman–Crippen LogP) is 2.24. The van der Waals surface area contributed by atoms with Crippen molar-refractivity contribution in [2.75, 3.05) is 0 Å². The largest absolute Gasteiger partial charge is 0.428 e. The summed E-state index contributed by atoms with van der Waals surface area (Å²) in [6.45, 7) is 4.20. The summed E-state index contributed by atoms with van der Waals surface area (Å²) in [6.07, 6.45) is 0. The van der Waals surface area contributed by atoms with E-state index in [1.165, 1.54) is 13.0 Å². The number of carbonyl (C=O) groups is 1. The number of carbonyl (C=O) groups excluding carboxylic acids is 1. The second kappa shape index (κ2) is 4.76. The fourth-order valence-corrected chi connectivity index (χ4v) is 2.04. The fourth-order valence-electron chi connectivity index (χ4n) is 2.04. The summed E-state index contributed by atoms with van der Waals surface area (Å²) in [5, 5.41) is 11.4. The molecule has 7 heteroatoms. The molecular weight excluding hydrogens is 266 g/mol. The minimum Gasteiger partial charge on any atom is -0.428 e. The number of esters is 1. The number of rotatable bonds is 2. The molecule has 0 saturated heterocycles. The molecular formula is C13H11NO6. The summed E-state index contributed by atoms with van der Waals surface area (Å²) >= 11 is 0. The molecule has 0 spiro atoms. The van der Waals surface area contributed by atoms with Gasteiger partial charge in [-0.25, -0.2) is 4.79 Å². The minimum absolute atomic E-state index is 0.108. The van der Waals surface area contributed by atoms with Crippen molar-refractivity contribution < 1.29 is 18.9 Å². The quantitative estimate of drug-likeness (QED) is 0.361. The van der Waals surface area contributed by atoms with Gasteiger partial charge in [-0.1, -0.05) is 0 Å². The van der Waals surface area contributed by atoms with Gasteiger partial charge in [0.2, 0.25) is 5.75 Å². The van der Waals surface area contributed by atoms with Crippen LogP contribution < -0.4 is 10.4 Å². The van der Waals surface area contributed by atoms with Crippen LogP contribution in [0.25, 0.3) is 10.8 Å². The third kappa shape index (κ3) is 2.25. The van der Waals surface area contributed by atoms with Gasteiger partial charge in [0.05, 0.1) is 4.92 Å². The van der Waals surface area contributed by atoms with Crippen LogP contribution in [0.4, 0.5) is 5.69 Å². The number of ether oxygens (including phenoxy) is 1. The zero-order valence-corrected chi connectivity index (χ0v) is 11.1. The molecule has 20 heavy (non-hydrogen) atoms. The molecule has 0 aliphatic rings. The minimum atomic E-state index is -0.778. The van der Waals surface area contributed by atoms with Gasteiger partial charge in [-0.2, -0.15) is 0 Å². The van der Waals surface area contributed by atoms with E-state index in [-0.39, 0.29) is 11.1 Å². The summed E-state index contributed by atoms with van der Waals surface area (Å²) < 4.78 is 9.80. The van der Waals surface area contributed by atoms with Gasteiger partial charge < -0.3 is 9.15 Å². The number of benzene rings is 1. The first-order valence-corrected chi connectivity index (χ1v) is 5.72.